The molecule has 15 heavy (non-hydrogen) atoms. The van der Waals surface area contributed by atoms with Crippen LogP contribution in [0.15, 0.2) is 6.20 Å². The maximum Gasteiger partial charge on any atom is 0.310 e. The van der Waals surface area contributed by atoms with Gasteiger partial charge in [0, 0.05) is 13.5 Å². The van der Waals surface area contributed by atoms with Gasteiger partial charge in [0.25, 0.3) is 0 Å². The number of hydrogen-bond acceptors (Lipinski definition) is 4. The Morgan fingerprint density at radius 3 is 2.93 bits per heavy atom. The van der Waals surface area contributed by atoms with Crippen molar-refractivity contribution < 1.29 is 14.8 Å². The highest BCUT2D eigenvalue weighted by Crippen LogP contribution is 2.17. The zero-order chi connectivity index (χ0) is 11.4. The Balaban J connectivity index is 2.67. The van der Waals surface area contributed by atoms with E-state index in [0.29, 0.717) is 18.5 Å². The average molecular weight is 213 g/mol. The minimum atomic E-state index is -0.909. The molecular formula is C8H11N3O4. The summed E-state index contributed by atoms with van der Waals surface area (Å²) in [6, 6.07) is 0. The highest BCUT2D eigenvalue weighted by Gasteiger charge is 2.17. The molecular weight excluding hydrogens is 202 g/mol. The summed E-state index contributed by atoms with van der Waals surface area (Å²) in [6.45, 7) is 0. The van der Waals surface area contributed by atoms with Crippen LogP contribution in [0, 0.1) is 10.1 Å². The smallest absolute Gasteiger partial charge is 0.310 e. The third kappa shape index (κ3) is 3.04. The minimum absolute atomic E-state index is 0.00622. The first-order valence-corrected chi connectivity index (χ1v) is 4.39. The third-order valence-electron chi connectivity index (χ3n) is 1.88. The Morgan fingerprint density at radius 2 is 2.40 bits per heavy atom. The van der Waals surface area contributed by atoms with Crippen molar-refractivity contribution in [2.24, 2.45) is 7.05 Å². The molecule has 0 aliphatic rings. The molecule has 0 atom stereocenters. The lowest BCUT2D eigenvalue weighted by molar-refractivity contribution is -0.385. The number of carbonyl (C=O) groups is 1. The van der Waals surface area contributed by atoms with Crippen LogP contribution in [0.2, 0.25) is 0 Å². The quantitative estimate of drug-likeness (QED) is 0.574. The van der Waals surface area contributed by atoms with Crippen LogP contribution < -0.4 is 0 Å². The zero-order valence-corrected chi connectivity index (χ0v) is 8.21. The van der Waals surface area contributed by atoms with Gasteiger partial charge in [-0.25, -0.2) is 0 Å². The van der Waals surface area contributed by atoms with Gasteiger partial charge in [-0.2, -0.15) is 5.10 Å². The molecule has 7 nitrogen and oxygen atoms in total. The van der Waals surface area contributed by atoms with Gasteiger partial charge in [0.1, 0.15) is 11.9 Å². The van der Waals surface area contributed by atoms with E-state index in [1.54, 1.807) is 7.05 Å². The van der Waals surface area contributed by atoms with Crippen LogP contribution in [0.5, 0.6) is 0 Å². The molecule has 0 spiro atoms. The molecule has 0 aliphatic heterocycles. The molecule has 1 rings (SSSR count). The molecule has 1 N–H and O–H groups in total. The predicted molar refractivity (Wildman–Crippen MR) is 50.4 cm³/mol. The van der Waals surface area contributed by atoms with E-state index in [1.807, 2.05) is 0 Å². The fourth-order valence-corrected chi connectivity index (χ4v) is 1.26. The maximum absolute atomic E-state index is 10.6. The van der Waals surface area contributed by atoms with E-state index in [9.17, 15) is 14.9 Å². The summed E-state index contributed by atoms with van der Waals surface area (Å²) in [7, 11) is 1.59. The molecule has 1 aromatic heterocycles. The van der Waals surface area contributed by atoms with E-state index in [1.165, 1.54) is 10.9 Å². The predicted octanol–water partition coefficient (Wildman–Crippen LogP) is 0.736. The zero-order valence-electron chi connectivity index (χ0n) is 8.21. The molecule has 0 bridgehead atoms. The fourth-order valence-electron chi connectivity index (χ4n) is 1.26. The Labute approximate surface area is 85.5 Å². The standard InChI is InChI=1S/C8H11N3O4/c1-10-5-7(11(14)15)6(9-10)3-2-4-8(12)13/h5H,2-4H2,1H3,(H,12,13). The molecule has 0 saturated carbocycles. The molecule has 0 aromatic carbocycles. The molecule has 0 saturated heterocycles. The lowest BCUT2D eigenvalue weighted by atomic mass is 10.2. The van der Waals surface area contributed by atoms with Crippen molar-refractivity contribution in [1.29, 1.82) is 0 Å². The number of hydrogen-bond donors (Lipinski definition) is 1. The SMILES string of the molecule is Cn1cc([N+](=O)[O-])c(CCCC(=O)O)n1. The van der Waals surface area contributed by atoms with Gasteiger partial charge in [0.15, 0.2) is 0 Å². The van der Waals surface area contributed by atoms with Crippen LogP contribution in [0.1, 0.15) is 18.5 Å². The lowest BCUT2D eigenvalue weighted by Gasteiger charge is -1.94. The Hall–Kier alpha value is -1.92. The highest BCUT2D eigenvalue weighted by atomic mass is 16.6. The van der Waals surface area contributed by atoms with Crippen molar-refractivity contribution in [3.05, 3.63) is 22.0 Å². The second-order valence-corrected chi connectivity index (χ2v) is 3.14. The van der Waals surface area contributed by atoms with Crippen molar-refractivity contribution in [1.82, 2.24) is 9.78 Å². The summed E-state index contributed by atoms with van der Waals surface area (Å²) < 4.78 is 1.36. The monoisotopic (exact) mass is 213 g/mol. The Bertz CT molecular complexity index is 385. The largest absolute Gasteiger partial charge is 0.481 e. The average Bonchev–Trinajstić information content (AvgIpc) is 2.46. The van der Waals surface area contributed by atoms with Crippen LogP contribution in [0.4, 0.5) is 5.69 Å². The number of aliphatic carboxylic acids is 1. The minimum Gasteiger partial charge on any atom is -0.481 e. The van der Waals surface area contributed by atoms with Gasteiger partial charge >= 0.3 is 11.7 Å². The van der Waals surface area contributed by atoms with Crippen LogP contribution in [0.3, 0.4) is 0 Å². The van der Waals surface area contributed by atoms with Crippen molar-refractivity contribution in [2.75, 3.05) is 0 Å². The Morgan fingerprint density at radius 1 is 1.73 bits per heavy atom. The molecule has 0 unspecified atom stereocenters. The van der Waals surface area contributed by atoms with Gasteiger partial charge in [-0.15, -0.1) is 0 Å². The first-order valence-electron chi connectivity index (χ1n) is 4.39. The van der Waals surface area contributed by atoms with Crippen molar-refractivity contribution in [3.8, 4) is 0 Å². The maximum atomic E-state index is 10.6. The van der Waals surface area contributed by atoms with Crippen molar-refractivity contribution in [3.63, 3.8) is 0 Å². The van der Waals surface area contributed by atoms with E-state index in [4.69, 9.17) is 5.11 Å². The van der Waals surface area contributed by atoms with E-state index < -0.39 is 10.9 Å². The topological polar surface area (TPSA) is 98.3 Å². The van der Waals surface area contributed by atoms with Gasteiger partial charge in [-0.3, -0.25) is 19.6 Å². The fraction of sp³-hybridized carbons (Fsp3) is 0.500. The van der Waals surface area contributed by atoms with Crippen molar-refractivity contribution >= 4 is 11.7 Å². The molecule has 7 heteroatoms. The van der Waals surface area contributed by atoms with Crippen LogP contribution in [-0.2, 0) is 18.3 Å². The van der Waals surface area contributed by atoms with Gasteiger partial charge in [-0.1, -0.05) is 0 Å². The van der Waals surface area contributed by atoms with Gasteiger partial charge in [0.2, 0.25) is 0 Å². The van der Waals surface area contributed by atoms with Crippen molar-refractivity contribution in [2.45, 2.75) is 19.3 Å². The first kappa shape index (κ1) is 11.2. The van der Waals surface area contributed by atoms with E-state index in [0.717, 1.165) is 0 Å². The molecule has 0 fully saturated rings. The summed E-state index contributed by atoms with van der Waals surface area (Å²) in [5.74, 6) is -0.909. The van der Waals surface area contributed by atoms with E-state index in [2.05, 4.69) is 5.10 Å². The summed E-state index contributed by atoms with van der Waals surface area (Å²) in [5.41, 5.74) is 0.284. The number of rotatable bonds is 5. The number of aryl methyl sites for hydroxylation is 2. The number of carboxylic acids is 1. The van der Waals surface area contributed by atoms with Crippen LogP contribution in [-0.4, -0.2) is 25.8 Å². The molecule has 0 aliphatic carbocycles. The third-order valence-corrected chi connectivity index (χ3v) is 1.88. The normalized spacial score (nSPS) is 10.2. The number of aromatic nitrogens is 2. The molecule has 1 heterocycles. The van der Waals surface area contributed by atoms with Crippen LogP contribution in [0.25, 0.3) is 0 Å². The molecule has 1 aromatic rings. The van der Waals surface area contributed by atoms with Gasteiger partial charge in [-0.05, 0) is 12.8 Å². The molecule has 0 radical (unpaired) electrons. The van der Waals surface area contributed by atoms with Crippen LogP contribution >= 0.6 is 0 Å². The first-order chi connectivity index (χ1) is 7.00. The number of nitrogens with zero attached hydrogens (tertiary/aromatic N) is 3. The Kier molecular flexibility index (Phi) is 3.37. The number of nitro groups is 1. The van der Waals surface area contributed by atoms with E-state index in [-0.39, 0.29) is 12.1 Å². The highest BCUT2D eigenvalue weighted by molar-refractivity contribution is 5.66. The summed E-state index contributed by atoms with van der Waals surface area (Å²) in [5, 5.41) is 22.9. The summed E-state index contributed by atoms with van der Waals surface area (Å²) in [4.78, 5) is 20.3. The summed E-state index contributed by atoms with van der Waals surface area (Å²) >= 11 is 0. The lowest BCUT2D eigenvalue weighted by Crippen LogP contribution is -1.98. The van der Waals surface area contributed by atoms with Gasteiger partial charge in [0.05, 0.1) is 4.92 Å². The molecule has 82 valence electrons. The number of carboxylic acid groups (broad SMARTS) is 1. The second kappa shape index (κ2) is 4.54. The molecule has 0 amide bonds. The van der Waals surface area contributed by atoms with Gasteiger partial charge < -0.3 is 5.11 Å². The second-order valence-electron chi connectivity index (χ2n) is 3.14. The van der Waals surface area contributed by atoms with E-state index >= 15 is 0 Å². The summed E-state index contributed by atoms with van der Waals surface area (Å²) in [6.07, 6.45) is 1.97.